The van der Waals surface area contributed by atoms with Gasteiger partial charge in [-0.1, -0.05) is 18.2 Å². The molecule has 3 heterocycles. The first kappa shape index (κ1) is 17.0. The third-order valence-corrected chi connectivity index (χ3v) is 6.80. The van der Waals surface area contributed by atoms with Crippen molar-refractivity contribution in [3.05, 3.63) is 47.8 Å². The van der Waals surface area contributed by atoms with Gasteiger partial charge in [-0.2, -0.15) is 9.40 Å². The van der Waals surface area contributed by atoms with E-state index >= 15 is 0 Å². The van der Waals surface area contributed by atoms with Crippen LogP contribution in [0.25, 0.3) is 10.9 Å². The van der Waals surface area contributed by atoms with Gasteiger partial charge in [0.25, 0.3) is 0 Å². The predicted molar refractivity (Wildman–Crippen MR) is 97.6 cm³/mol. The molecule has 7 nitrogen and oxygen atoms in total. The number of rotatable bonds is 4. The number of aromatic nitrogens is 3. The van der Waals surface area contributed by atoms with Gasteiger partial charge in [0.15, 0.2) is 0 Å². The van der Waals surface area contributed by atoms with E-state index in [0.717, 1.165) is 10.9 Å². The van der Waals surface area contributed by atoms with Crippen LogP contribution in [0.2, 0.25) is 0 Å². The SMILES string of the molecule is Cc1nn(C)c(C)c1S(=O)(=O)N1CC(Oc2ccc3ccccc3n2)C1. The summed E-state index contributed by atoms with van der Waals surface area (Å²) in [6.07, 6.45) is -0.198. The van der Waals surface area contributed by atoms with Crippen LogP contribution in [0.15, 0.2) is 41.3 Å². The highest BCUT2D eigenvalue weighted by atomic mass is 32.2. The molecular formula is C18H20N4O3S. The number of benzene rings is 1. The van der Waals surface area contributed by atoms with E-state index in [0.29, 0.717) is 35.3 Å². The van der Waals surface area contributed by atoms with Crippen molar-refractivity contribution in [2.45, 2.75) is 24.8 Å². The Hall–Kier alpha value is -2.45. The third-order valence-electron chi connectivity index (χ3n) is 4.72. The molecule has 1 fully saturated rings. The topological polar surface area (TPSA) is 77.3 Å². The Morgan fingerprint density at radius 1 is 1.12 bits per heavy atom. The van der Waals surface area contributed by atoms with Crippen molar-refractivity contribution in [3.63, 3.8) is 0 Å². The van der Waals surface area contributed by atoms with Crippen LogP contribution in [-0.4, -0.2) is 46.7 Å². The Kier molecular flexibility index (Phi) is 3.96. The normalized spacial score (nSPS) is 16.0. The van der Waals surface area contributed by atoms with Crippen molar-refractivity contribution in [1.82, 2.24) is 19.1 Å². The Morgan fingerprint density at radius 2 is 1.85 bits per heavy atom. The molecule has 136 valence electrons. The van der Waals surface area contributed by atoms with E-state index < -0.39 is 10.0 Å². The van der Waals surface area contributed by atoms with Gasteiger partial charge < -0.3 is 4.74 Å². The molecule has 0 radical (unpaired) electrons. The van der Waals surface area contributed by atoms with E-state index in [2.05, 4.69) is 10.1 Å². The molecule has 8 heteroatoms. The molecule has 0 unspecified atom stereocenters. The number of hydrogen-bond acceptors (Lipinski definition) is 5. The summed E-state index contributed by atoms with van der Waals surface area (Å²) in [5.74, 6) is 0.513. The van der Waals surface area contributed by atoms with Gasteiger partial charge in [-0.3, -0.25) is 4.68 Å². The number of hydrogen-bond donors (Lipinski definition) is 0. The molecule has 0 bridgehead atoms. The van der Waals surface area contributed by atoms with Crippen molar-refractivity contribution >= 4 is 20.9 Å². The predicted octanol–water partition coefficient (Wildman–Crippen LogP) is 2.04. The Labute approximate surface area is 152 Å². The van der Waals surface area contributed by atoms with Crippen molar-refractivity contribution in [3.8, 4) is 5.88 Å². The van der Waals surface area contributed by atoms with Crippen LogP contribution in [0.5, 0.6) is 5.88 Å². The lowest BCUT2D eigenvalue weighted by molar-refractivity contribution is 0.0723. The quantitative estimate of drug-likeness (QED) is 0.700. The zero-order chi connectivity index (χ0) is 18.5. The van der Waals surface area contributed by atoms with Crippen LogP contribution in [0.1, 0.15) is 11.4 Å². The van der Waals surface area contributed by atoms with Gasteiger partial charge in [0.05, 0.1) is 30.0 Å². The zero-order valence-electron chi connectivity index (χ0n) is 14.9. The summed E-state index contributed by atoms with van der Waals surface area (Å²) < 4.78 is 34.6. The molecule has 1 aromatic carbocycles. The molecule has 1 aliphatic heterocycles. The second-order valence-electron chi connectivity index (χ2n) is 6.53. The summed E-state index contributed by atoms with van der Waals surface area (Å²) in [7, 11) is -1.81. The second-order valence-corrected chi connectivity index (χ2v) is 8.40. The van der Waals surface area contributed by atoms with Gasteiger partial charge in [-0.05, 0) is 26.0 Å². The van der Waals surface area contributed by atoms with Crippen LogP contribution in [0, 0.1) is 13.8 Å². The lowest BCUT2D eigenvalue weighted by atomic mass is 10.2. The van der Waals surface area contributed by atoms with Crippen molar-refractivity contribution < 1.29 is 13.2 Å². The average molecular weight is 372 g/mol. The lowest BCUT2D eigenvalue weighted by Gasteiger charge is -2.37. The standard InChI is InChI=1S/C18H20N4O3S/c1-12-18(13(2)21(3)20-12)26(23,24)22-10-15(11-22)25-17-9-8-14-6-4-5-7-16(14)19-17/h4-9,15H,10-11H2,1-3H3. The zero-order valence-corrected chi connectivity index (χ0v) is 15.7. The van der Waals surface area contributed by atoms with Gasteiger partial charge in [0, 0.05) is 18.5 Å². The maximum Gasteiger partial charge on any atom is 0.246 e. The Balaban J connectivity index is 1.47. The van der Waals surface area contributed by atoms with Gasteiger partial charge in [0.2, 0.25) is 15.9 Å². The largest absolute Gasteiger partial charge is 0.472 e. The maximum atomic E-state index is 12.8. The van der Waals surface area contributed by atoms with E-state index in [1.807, 2.05) is 36.4 Å². The summed E-state index contributed by atoms with van der Waals surface area (Å²) in [6, 6.07) is 11.6. The van der Waals surface area contributed by atoms with Crippen molar-refractivity contribution in [2.24, 2.45) is 7.05 Å². The molecule has 0 amide bonds. The van der Waals surface area contributed by atoms with E-state index in [9.17, 15) is 8.42 Å². The molecule has 26 heavy (non-hydrogen) atoms. The van der Waals surface area contributed by atoms with E-state index in [4.69, 9.17) is 4.74 Å². The highest BCUT2D eigenvalue weighted by Gasteiger charge is 2.40. The molecule has 4 rings (SSSR count). The number of aryl methyl sites for hydroxylation is 2. The minimum atomic E-state index is -3.55. The van der Waals surface area contributed by atoms with Gasteiger partial charge >= 0.3 is 0 Å². The Bertz CT molecular complexity index is 1090. The van der Waals surface area contributed by atoms with Gasteiger partial charge in [-0.15, -0.1) is 0 Å². The summed E-state index contributed by atoms with van der Waals surface area (Å²) >= 11 is 0. The van der Waals surface area contributed by atoms with Crippen LogP contribution < -0.4 is 4.74 Å². The summed E-state index contributed by atoms with van der Waals surface area (Å²) in [5, 5.41) is 5.24. The van der Waals surface area contributed by atoms with Crippen LogP contribution in [-0.2, 0) is 17.1 Å². The monoisotopic (exact) mass is 372 g/mol. The first-order chi connectivity index (χ1) is 12.4. The molecule has 3 aromatic rings. The maximum absolute atomic E-state index is 12.8. The molecule has 0 atom stereocenters. The molecule has 0 spiro atoms. The molecule has 1 aliphatic rings. The average Bonchev–Trinajstić information content (AvgIpc) is 2.83. The first-order valence-electron chi connectivity index (χ1n) is 8.39. The summed E-state index contributed by atoms with van der Waals surface area (Å²) in [4.78, 5) is 4.76. The minimum absolute atomic E-state index is 0.198. The number of pyridine rings is 1. The fourth-order valence-electron chi connectivity index (χ4n) is 3.21. The summed E-state index contributed by atoms with van der Waals surface area (Å²) in [6.45, 7) is 4.10. The molecule has 0 N–H and O–H groups in total. The third kappa shape index (κ3) is 2.75. The first-order valence-corrected chi connectivity index (χ1v) is 9.83. The van der Waals surface area contributed by atoms with Crippen LogP contribution >= 0.6 is 0 Å². The highest BCUT2D eigenvalue weighted by Crippen LogP contribution is 2.28. The summed E-state index contributed by atoms with van der Waals surface area (Å²) in [5.41, 5.74) is 2.02. The minimum Gasteiger partial charge on any atom is -0.472 e. The molecule has 1 saturated heterocycles. The lowest BCUT2D eigenvalue weighted by Crippen LogP contribution is -2.56. The number of ether oxygens (including phenoxy) is 1. The molecule has 0 saturated carbocycles. The number of fused-ring (bicyclic) bond motifs is 1. The molecular weight excluding hydrogens is 352 g/mol. The van der Waals surface area contributed by atoms with Crippen LogP contribution in [0.3, 0.4) is 0 Å². The number of nitrogens with zero attached hydrogens (tertiary/aromatic N) is 4. The van der Waals surface area contributed by atoms with Crippen molar-refractivity contribution in [1.29, 1.82) is 0 Å². The fourth-order valence-corrected chi connectivity index (χ4v) is 5.11. The van der Waals surface area contributed by atoms with Gasteiger partial charge in [-0.25, -0.2) is 13.4 Å². The number of sulfonamides is 1. The van der Waals surface area contributed by atoms with E-state index in [-0.39, 0.29) is 6.10 Å². The highest BCUT2D eigenvalue weighted by molar-refractivity contribution is 7.89. The second kappa shape index (κ2) is 6.07. The Morgan fingerprint density at radius 3 is 2.54 bits per heavy atom. The molecule has 0 aliphatic carbocycles. The smallest absolute Gasteiger partial charge is 0.246 e. The van der Waals surface area contributed by atoms with E-state index in [1.165, 1.54) is 4.31 Å². The number of para-hydroxylation sites is 1. The van der Waals surface area contributed by atoms with E-state index in [1.54, 1.807) is 25.6 Å². The van der Waals surface area contributed by atoms with Gasteiger partial charge in [0.1, 0.15) is 11.0 Å². The van der Waals surface area contributed by atoms with Crippen molar-refractivity contribution in [2.75, 3.05) is 13.1 Å². The van der Waals surface area contributed by atoms with Crippen LogP contribution in [0.4, 0.5) is 0 Å². The molecule has 2 aromatic heterocycles. The fraction of sp³-hybridized carbons (Fsp3) is 0.333.